The molecule has 0 radical (unpaired) electrons. The lowest BCUT2D eigenvalue weighted by Gasteiger charge is -1.82. The predicted octanol–water partition coefficient (Wildman–Crippen LogP) is 1.23. The quantitative estimate of drug-likeness (QED) is 0.653. The molecule has 1 N–H and O–H groups in total. The first-order valence-corrected chi connectivity index (χ1v) is 3.19. The molecule has 1 aromatic rings. The second kappa shape index (κ2) is 2.28. The summed E-state index contributed by atoms with van der Waals surface area (Å²) in [7, 11) is 1.77. The van der Waals surface area contributed by atoms with E-state index in [0.717, 1.165) is 5.13 Å². The average molecular weight is 150 g/mol. The lowest BCUT2D eigenvalue weighted by molar-refractivity contribution is 1.09. The molecule has 0 aliphatic heterocycles. The highest BCUT2D eigenvalue weighted by Crippen LogP contribution is 2.17. The minimum absolute atomic E-state index is 0.467. The average Bonchev–Trinajstić information content (AvgIpc) is 2.14. The lowest BCUT2D eigenvalue weighted by atomic mass is 11.1. The molecule has 0 spiro atoms. The Morgan fingerprint density at radius 3 is 2.62 bits per heavy atom. The van der Waals surface area contributed by atoms with Gasteiger partial charge in [-0.1, -0.05) is 11.3 Å². The standard InChI is InChI=1S/C3H4ClN3S/c1-5-3-7-6-2(4)8-3/h1H3,(H,5,7). The Labute approximate surface area is 55.7 Å². The maximum Gasteiger partial charge on any atom is 0.208 e. The van der Waals surface area contributed by atoms with Gasteiger partial charge in [-0.15, -0.1) is 10.2 Å². The molecule has 44 valence electrons. The number of halogens is 1. The first-order chi connectivity index (χ1) is 3.83. The van der Waals surface area contributed by atoms with Crippen LogP contribution in [0.4, 0.5) is 5.13 Å². The molecule has 0 saturated carbocycles. The lowest BCUT2D eigenvalue weighted by Crippen LogP contribution is -1.84. The topological polar surface area (TPSA) is 37.8 Å². The third-order valence-electron chi connectivity index (χ3n) is 0.614. The highest BCUT2D eigenvalue weighted by Gasteiger charge is 1.94. The molecule has 0 saturated heterocycles. The summed E-state index contributed by atoms with van der Waals surface area (Å²) in [4.78, 5) is 0. The van der Waals surface area contributed by atoms with E-state index >= 15 is 0 Å². The molecule has 8 heavy (non-hydrogen) atoms. The number of rotatable bonds is 1. The summed E-state index contributed by atoms with van der Waals surface area (Å²) in [5.41, 5.74) is 0. The van der Waals surface area contributed by atoms with E-state index in [1.165, 1.54) is 11.3 Å². The van der Waals surface area contributed by atoms with Gasteiger partial charge in [-0.2, -0.15) is 0 Å². The van der Waals surface area contributed by atoms with Crippen molar-refractivity contribution in [1.29, 1.82) is 0 Å². The molecule has 0 amide bonds. The molecule has 0 aliphatic carbocycles. The van der Waals surface area contributed by atoms with Crippen LogP contribution >= 0.6 is 22.9 Å². The van der Waals surface area contributed by atoms with Crippen molar-refractivity contribution in [3.05, 3.63) is 4.47 Å². The molecule has 5 heteroatoms. The van der Waals surface area contributed by atoms with Crippen molar-refractivity contribution in [2.45, 2.75) is 0 Å². The van der Waals surface area contributed by atoms with Crippen molar-refractivity contribution in [3.8, 4) is 0 Å². The van der Waals surface area contributed by atoms with Gasteiger partial charge in [-0.25, -0.2) is 0 Å². The van der Waals surface area contributed by atoms with E-state index in [2.05, 4.69) is 15.5 Å². The third kappa shape index (κ3) is 1.08. The van der Waals surface area contributed by atoms with Crippen molar-refractivity contribution < 1.29 is 0 Å². The van der Waals surface area contributed by atoms with Gasteiger partial charge in [0.1, 0.15) is 0 Å². The van der Waals surface area contributed by atoms with Crippen LogP contribution in [0.3, 0.4) is 0 Å². The molecular formula is C3H4ClN3S. The van der Waals surface area contributed by atoms with Crippen LogP contribution in [0, 0.1) is 0 Å². The maximum atomic E-state index is 5.44. The summed E-state index contributed by atoms with van der Waals surface area (Å²) in [6.07, 6.45) is 0. The molecule has 0 atom stereocenters. The summed E-state index contributed by atoms with van der Waals surface area (Å²) in [5, 5.41) is 10.8. The number of aromatic nitrogens is 2. The van der Waals surface area contributed by atoms with Crippen LogP contribution in [0.2, 0.25) is 4.47 Å². The molecular weight excluding hydrogens is 146 g/mol. The van der Waals surface area contributed by atoms with Crippen molar-refractivity contribution in [1.82, 2.24) is 10.2 Å². The maximum absolute atomic E-state index is 5.44. The predicted molar refractivity (Wildman–Crippen MR) is 34.5 cm³/mol. The van der Waals surface area contributed by atoms with Gasteiger partial charge in [-0.05, 0) is 11.6 Å². The molecule has 1 rings (SSSR count). The Bertz CT molecular complexity index is 175. The van der Waals surface area contributed by atoms with Crippen LogP contribution in [0.25, 0.3) is 0 Å². The number of anilines is 1. The smallest absolute Gasteiger partial charge is 0.208 e. The van der Waals surface area contributed by atoms with Gasteiger partial charge in [0, 0.05) is 7.05 Å². The van der Waals surface area contributed by atoms with Gasteiger partial charge in [-0.3, -0.25) is 0 Å². The molecule has 0 fully saturated rings. The van der Waals surface area contributed by atoms with E-state index in [1.807, 2.05) is 0 Å². The second-order valence-corrected chi connectivity index (χ2v) is 2.67. The van der Waals surface area contributed by atoms with Crippen LogP contribution in [-0.4, -0.2) is 17.2 Å². The van der Waals surface area contributed by atoms with E-state index < -0.39 is 0 Å². The summed E-state index contributed by atoms with van der Waals surface area (Å²) in [6.45, 7) is 0. The van der Waals surface area contributed by atoms with E-state index in [1.54, 1.807) is 7.05 Å². The Kier molecular flexibility index (Phi) is 1.65. The summed E-state index contributed by atoms with van der Waals surface area (Å²) >= 11 is 6.76. The zero-order valence-electron chi connectivity index (χ0n) is 4.18. The van der Waals surface area contributed by atoms with E-state index in [0.29, 0.717) is 4.47 Å². The van der Waals surface area contributed by atoms with E-state index in [4.69, 9.17) is 11.6 Å². The first-order valence-electron chi connectivity index (χ1n) is 1.99. The van der Waals surface area contributed by atoms with Crippen molar-refractivity contribution in [3.63, 3.8) is 0 Å². The molecule has 0 aliphatic rings. The Morgan fingerprint density at radius 1 is 1.62 bits per heavy atom. The van der Waals surface area contributed by atoms with Crippen LogP contribution < -0.4 is 5.32 Å². The van der Waals surface area contributed by atoms with Crippen LogP contribution in [0.5, 0.6) is 0 Å². The Morgan fingerprint density at radius 2 is 2.38 bits per heavy atom. The highest BCUT2D eigenvalue weighted by molar-refractivity contribution is 7.18. The van der Waals surface area contributed by atoms with Gasteiger partial charge in [0.2, 0.25) is 9.60 Å². The first kappa shape index (κ1) is 5.78. The number of hydrogen-bond acceptors (Lipinski definition) is 4. The van der Waals surface area contributed by atoms with Crippen LogP contribution in [0.15, 0.2) is 0 Å². The SMILES string of the molecule is CNc1nnc(Cl)s1. The Balaban J connectivity index is 2.84. The summed E-state index contributed by atoms with van der Waals surface area (Å²) in [5.74, 6) is 0. The largest absolute Gasteiger partial charge is 0.363 e. The van der Waals surface area contributed by atoms with Gasteiger partial charge < -0.3 is 5.32 Å². The van der Waals surface area contributed by atoms with Gasteiger partial charge in [0.15, 0.2) is 0 Å². The molecule has 0 aromatic carbocycles. The molecule has 1 heterocycles. The van der Waals surface area contributed by atoms with E-state index in [9.17, 15) is 0 Å². The minimum Gasteiger partial charge on any atom is -0.363 e. The van der Waals surface area contributed by atoms with Gasteiger partial charge in [0.05, 0.1) is 0 Å². The fourth-order valence-electron chi connectivity index (χ4n) is 0.306. The van der Waals surface area contributed by atoms with Gasteiger partial charge in [0.25, 0.3) is 0 Å². The van der Waals surface area contributed by atoms with Crippen LogP contribution in [-0.2, 0) is 0 Å². The zero-order chi connectivity index (χ0) is 5.98. The van der Waals surface area contributed by atoms with Crippen molar-refractivity contribution in [2.24, 2.45) is 0 Å². The summed E-state index contributed by atoms with van der Waals surface area (Å²) < 4.78 is 0.467. The molecule has 0 unspecified atom stereocenters. The number of hydrogen-bond donors (Lipinski definition) is 1. The second-order valence-electron chi connectivity index (χ2n) is 1.11. The number of nitrogens with zero attached hydrogens (tertiary/aromatic N) is 2. The van der Waals surface area contributed by atoms with Crippen molar-refractivity contribution >= 4 is 28.1 Å². The van der Waals surface area contributed by atoms with Gasteiger partial charge >= 0.3 is 0 Å². The fourth-order valence-corrected chi connectivity index (χ4v) is 0.988. The Hall–Kier alpha value is -0.350. The summed E-state index contributed by atoms with van der Waals surface area (Å²) in [6, 6.07) is 0. The highest BCUT2D eigenvalue weighted by atomic mass is 35.5. The molecule has 3 nitrogen and oxygen atoms in total. The van der Waals surface area contributed by atoms with Crippen molar-refractivity contribution in [2.75, 3.05) is 12.4 Å². The zero-order valence-corrected chi connectivity index (χ0v) is 5.75. The van der Waals surface area contributed by atoms with E-state index in [-0.39, 0.29) is 0 Å². The molecule has 0 bridgehead atoms. The third-order valence-corrected chi connectivity index (χ3v) is 1.65. The fraction of sp³-hybridized carbons (Fsp3) is 0.333. The normalized spacial score (nSPS) is 9.25. The van der Waals surface area contributed by atoms with Crippen LogP contribution in [0.1, 0.15) is 0 Å². The monoisotopic (exact) mass is 149 g/mol. The number of nitrogens with one attached hydrogen (secondary N) is 1. The minimum atomic E-state index is 0.467. The molecule has 1 aromatic heterocycles.